The van der Waals surface area contributed by atoms with Crippen LogP contribution in [0.3, 0.4) is 0 Å². The molecule has 0 spiro atoms. The van der Waals surface area contributed by atoms with Gasteiger partial charge in [-0.05, 0) is 41.5 Å². The van der Waals surface area contributed by atoms with Crippen molar-refractivity contribution in [3.63, 3.8) is 0 Å². The third-order valence-corrected chi connectivity index (χ3v) is 4.96. The average Bonchev–Trinajstić information content (AvgIpc) is 2.92. The molecule has 6 nitrogen and oxygen atoms in total. The average molecular weight is 373 g/mol. The first kappa shape index (κ1) is 17.7. The van der Waals surface area contributed by atoms with Crippen molar-refractivity contribution in [3.05, 3.63) is 78.4 Å². The Labute approximate surface area is 162 Å². The van der Waals surface area contributed by atoms with Crippen molar-refractivity contribution < 1.29 is 14.4 Å². The third-order valence-electron chi connectivity index (χ3n) is 4.96. The number of rotatable bonds is 4. The quantitative estimate of drug-likeness (QED) is 0.689. The zero-order chi connectivity index (χ0) is 19.7. The van der Waals surface area contributed by atoms with E-state index in [0.29, 0.717) is 11.3 Å². The monoisotopic (exact) mass is 373 g/mol. The topological polar surface area (TPSA) is 78.5 Å². The summed E-state index contributed by atoms with van der Waals surface area (Å²) in [5, 5.41) is 7.45. The minimum atomic E-state index is -1.21. The van der Waals surface area contributed by atoms with E-state index in [2.05, 4.69) is 10.6 Å². The number of anilines is 1. The van der Waals surface area contributed by atoms with Gasteiger partial charge in [0.05, 0.1) is 0 Å². The van der Waals surface area contributed by atoms with Gasteiger partial charge in [-0.15, -0.1) is 0 Å². The smallest absolute Gasteiger partial charge is 0.325 e. The van der Waals surface area contributed by atoms with Crippen LogP contribution >= 0.6 is 0 Å². The Morgan fingerprint density at radius 1 is 0.964 bits per heavy atom. The van der Waals surface area contributed by atoms with Crippen LogP contribution in [0.15, 0.2) is 72.8 Å². The van der Waals surface area contributed by atoms with Gasteiger partial charge in [0.25, 0.3) is 5.91 Å². The number of amides is 4. The molecule has 0 bridgehead atoms. The third kappa shape index (κ3) is 3.09. The van der Waals surface area contributed by atoms with Crippen molar-refractivity contribution in [2.75, 3.05) is 11.9 Å². The number of carbonyl (C=O) groups excluding carboxylic acids is 3. The van der Waals surface area contributed by atoms with E-state index in [9.17, 15) is 14.4 Å². The van der Waals surface area contributed by atoms with Crippen LogP contribution in [0.5, 0.6) is 0 Å². The fraction of sp³-hybridized carbons (Fsp3) is 0.136. The van der Waals surface area contributed by atoms with E-state index < -0.39 is 23.4 Å². The normalized spacial score (nSPS) is 19.0. The number of nitrogens with zero attached hydrogens (tertiary/aromatic N) is 1. The summed E-state index contributed by atoms with van der Waals surface area (Å²) >= 11 is 0. The Morgan fingerprint density at radius 2 is 1.64 bits per heavy atom. The number of hydrogen-bond acceptors (Lipinski definition) is 3. The molecule has 0 aliphatic carbocycles. The molecule has 3 aromatic rings. The van der Waals surface area contributed by atoms with Gasteiger partial charge in [-0.3, -0.25) is 14.5 Å². The van der Waals surface area contributed by atoms with E-state index in [1.807, 2.05) is 48.5 Å². The maximum Gasteiger partial charge on any atom is 0.325 e. The first-order chi connectivity index (χ1) is 13.5. The number of para-hydroxylation sites is 1. The van der Waals surface area contributed by atoms with Crippen molar-refractivity contribution in [3.8, 4) is 0 Å². The maximum atomic E-state index is 13.0. The molecule has 1 atom stereocenters. The number of nitrogens with one attached hydrogen (secondary N) is 2. The van der Waals surface area contributed by atoms with E-state index >= 15 is 0 Å². The van der Waals surface area contributed by atoms with Crippen LogP contribution < -0.4 is 10.6 Å². The SMILES string of the molecule is C[C@@]1(c2ccc3ccccc3c2)NC(=O)N(CC(=O)Nc2ccccc2)C1=O. The lowest BCUT2D eigenvalue weighted by Crippen LogP contribution is -2.42. The van der Waals surface area contributed by atoms with Crippen molar-refractivity contribution >= 4 is 34.3 Å². The van der Waals surface area contributed by atoms with Crippen LogP contribution in [0.4, 0.5) is 10.5 Å². The van der Waals surface area contributed by atoms with Crippen LogP contribution in [0.1, 0.15) is 12.5 Å². The first-order valence-corrected chi connectivity index (χ1v) is 8.96. The molecule has 0 aromatic heterocycles. The predicted octanol–water partition coefficient (Wildman–Crippen LogP) is 3.25. The first-order valence-electron chi connectivity index (χ1n) is 8.96. The molecule has 3 aromatic carbocycles. The zero-order valence-electron chi connectivity index (χ0n) is 15.3. The van der Waals surface area contributed by atoms with Gasteiger partial charge in [0, 0.05) is 5.69 Å². The summed E-state index contributed by atoms with van der Waals surface area (Å²) in [4.78, 5) is 38.7. The Morgan fingerprint density at radius 3 is 2.39 bits per heavy atom. The van der Waals surface area contributed by atoms with Crippen molar-refractivity contribution in [1.29, 1.82) is 0 Å². The lowest BCUT2D eigenvalue weighted by molar-refractivity contribution is -0.133. The molecule has 140 valence electrons. The molecule has 0 unspecified atom stereocenters. The molecule has 1 aliphatic rings. The fourth-order valence-corrected chi connectivity index (χ4v) is 3.40. The zero-order valence-corrected chi connectivity index (χ0v) is 15.3. The van der Waals surface area contributed by atoms with Gasteiger partial charge in [0.15, 0.2) is 0 Å². The van der Waals surface area contributed by atoms with Gasteiger partial charge in [-0.2, -0.15) is 0 Å². The highest BCUT2D eigenvalue weighted by Crippen LogP contribution is 2.31. The number of urea groups is 1. The summed E-state index contributed by atoms with van der Waals surface area (Å²) in [5.74, 6) is -0.881. The van der Waals surface area contributed by atoms with E-state index in [1.165, 1.54) is 0 Å². The van der Waals surface area contributed by atoms with Gasteiger partial charge >= 0.3 is 6.03 Å². The van der Waals surface area contributed by atoms with Crippen LogP contribution in [0, 0.1) is 0 Å². The molecule has 0 radical (unpaired) electrons. The molecule has 6 heteroatoms. The predicted molar refractivity (Wildman–Crippen MR) is 107 cm³/mol. The largest absolute Gasteiger partial charge is 0.325 e. The van der Waals surface area contributed by atoms with E-state index in [-0.39, 0.29) is 6.54 Å². The molecule has 2 N–H and O–H groups in total. The molecule has 1 fully saturated rings. The molecule has 4 amide bonds. The Hall–Kier alpha value is -3.67. The summed E-state index contributed by atoms with van der Waals surface area (Å²) in [6, 6.07) is 21.8. The minimum absolute atomic E-state index is 0.345. The van der Waals surface area contributed by atoms with Gasteiger partial charge < -0.3 is 10.6 Å². The number of imide groups is 1. The standard InChI is InChI=1S/C22H19N3O3/c1-22(17-12-11-15-7-5-6-8-16(15)13-17)20(27)25(21(28)24-22)14-19(26)23-18-9-3-2-4-10-18/h2-13H,14H2,1H3,(H,23,26)(H,24,28)/t22-/m0/s1. The van der Waals surface area contributed by atoms with Crippen molar-refractivity contribution in [1.82, 2.24) is 10.2 Å². The highest BCUT2D eigenvalue weighted by molar-refractivity contribution is 6.10. The summed E-state index contributed by atoms with van der Waals surface area (Å²) in [7, 11) is 0. The van der Waals surface area contributed by atoms with E-state index in [0.717, 1.165) is 15.7 Å². The summed E-state index contributed by atoms with van der Waals surface area (Å²) in [6.07, 6.45) is 0. The second-order valence-corrected chi connectivity index (χ2v) is 6.92. The minimum Gasteiger partial charge on any atom is -0.325 e. The molecule has 1 heterocycles. The Kier molecular flexibility index (Phi) is 4.31. The van der Waals surface area contributed by atoms with Crippen molar-refractivity contribution in [2.24, 2.45) is 0 Å². The number of hydrogen-bond donors (Lipinski definition) is 2. The summed E-state index contributed by atoms with van der Waals surface area (Å²) < 4.78 is 0. The Bertz CT molecular complexity index is 1080. The lowest BCUT2D eigenvalue weighted by Gasteiger charge is -2.22. The molecule has 0 saturated carbocycles. The number of carbonyl (C=O) groups is 3. The summed E-state index contributed by atoms with van der Waals surface area (Å²) in [5.41, 5.74) is 0.0704. The van der Waals surface area contributed by atoms with Gasteiger partial charge in [-0.1, -0.05) is 54.6 Å². The molecule has 4 rings (SSSR count). The van der Waals surface area contributed by atoms with Crippen LogP contribution in [-0.2, 0) is 15.1 Å². The fourth-order valence-electron chi connectivity index (χ4n) is 3.40. The highest BCUT2D eigenvalue weighted by Gasteiger charge is 2.49. The number of fused-ring (bicyclic) bond motifs is 1. The van der Waals surface area contributed by atoms with E-state index in [1.54, 1.807) is 31.2 Å². The van der Waals surface area contributed by atoms with Crippen LogP contribution in [0.2, 0.25) is 0 Å². The maximum absolute atomic E-state index is 13.0. The molecule has 1 aliphatic heterocycles. The van der Waals surface area contributed by atoms with E-state index in [4.69, 9.17) is 0 Å². The molecule has 28 heavy (non-hydrogen) atoms. The van der Waals surface area contributed by atoms with Gasteiger partial charge in [-0.25, -0.2) is 4.79 Å². The highest BCUT2D eigenvalue weighted by atomic mass is 16.2. The Balaban J connectivity index is 1.56. The van der Waals surface area contributed by atoms with Crippen molar-refractivity contribution in [2.45, 2.75) is 12.5 Å². The number of benzene rings is 3. The van der Waals surface area contributed by atoms with Crippen LogP contribution in [0.25, 0.3) is 10.8 Å². The molecule has 1 saturated heterocycles. The molecular weight excluding hydrogens is 354 g/mol. The summed E-state index contributed by atoms with van der Waals surface area (Å²) in [6.45, 7) is 1.31. The van der Waals surface area contributed by atoms with Gasteiger partial charge in [0.1, 0.15) is 12.1 Å². The molecular formula is C22H19N3O3. The van der Waals surface area contributed by atoms with Crippen LogP contribution in [-0.4, -0.2) is 29.3 Å². The second-order valence-electron chi connectivity index (χ2n) is 6.92. The van der Waals surface area contributed by atoms with Gasteiger partial charge in [0.2, 0.25) is 5.91 Å². The second kappa shape index (κ2) is 6.81. The lowest BCUT2D eigenvalue weighted by atomic mass is 9.90.